The van der Waals surface area contributed by atoms with Gasteiger partial charge in [0.2, 0.25) is 0 Å². The lowest BCUT2D eigenvalue weighted by molar-refractivity contribution is -0.117. The molecule has 0 amide bonds. The molecule has 1 N–H and O–H groups in total. The van der Waals surface area contributed by atoms with Crippen LogP contribution < -0.4 is 0 Å². The van der Waals surface area contributed by atoms with Crippen LogP contribution in [0.3, 0.4) is 0 Å². The molecular weight excluding hydrogens is 384 g/mol. The molecule has 3 rings (SSSR count). The summed E-state index contributed by atoms with van der Waals surface area (Å²) in [6, 6.07) is 13.7. The maximum atomic E-state index is 13.0. The molecule has 0 saturated carbocycles. The number of aliphatic hydroxyl groups is 1. The monoisotopic (exact) mass is 410 g/mol. The zero-order valence-electron chi connectivity index (χ0n) is 17.0. The number of allylic oxidation sites excluding steroid dienone is 2. The van der Waals surface area contributed by atoms with E-state index < -0.39 is 0 Å². The molecule has 1 aliphatic rings. The van der Waals surface area contributed by atoms with Gasteiger partial charge >= 0.3 is 0 Å². The molecule has 1 atom stereocenters. The van der Waals surface area contributed by atoms with Gasteiger partial charge in [-0.2, -0.15) is 0 Å². The summed E-state index contributed by atoms with van der Waals surface area (Å²) >= 11 is 6.03. The molecule has 152 valence electrons. The third kappa shape index (κ3) is 4.98. The summed E-state index contributed by atoms with van der Waals surface area (Å²) in [6.07, 6.45) is 7.69. The highest BCUT2D eigenvalue weighted by atomic mass is 35.5. The van der Waals surface area contributed by atoms with Gasteiger partial charge in [-0.3, -0.25) is 4.79 Å². The van der Waals surface area contributed by atoms with Crippen LogP contribution in [0, 0.1) is 5.92 Å². The molecule has 4 heteroatoms. The van der Waals surface area contributed by atoms with Gasteiger partial charge in [-0.1, -0.05) is 54.9 Å². The first-order chi connectivity index (χ1) is 14.0. The highest BCUT2D eigenvalue weighted by Gasteiger charge is 2.25. The van der Waals surface area contributed by atoms with E-state index in [-0.39, 0.29) is 24.1 Å². The van der Waals surface area contributed by atoms with Crippen LogP contribution in [0.5, 0.6) is 0 Å². The summed E-state index contributed by atoms with van der Waals surface area (Å²) < 4.78 is 5.12. The zero-order chi connectivity index (χ0) is 20.8. The van der Waals surface area contributed by atoms with Gasteiger partial charge in [0.15, 0.2) is 5.78 Å². The van der Waals surface area contributed by atoms with Crippen LogP contribution in [-0.4, -0.2) is 24.6 Å². The van der Waals surface area contributed by atoms with E-state index in [4.69, 9.17) is 16.3 Å². The van der Waals surface area contributed by atoms with Crippen LogP contribution in [0.2, 0.25) is 5.02 Å². The van der Waals surface area contributed by atoms with Crippen molar-refractivity contribution in [1.82, 2.24) is 0 Å². The lowest BCUT2D eigenvalue weighted by Gasteiger charge is -2.21. The molecule has 0 radical (unpaired) electrons. The molecule has 1 aliphatic carbocycles. The van der Waals surface area contributed by atoms with Gasteiger partial charge in [-0.15, -0.1) is 0 Å². The molecule has 0 bridgehead atoms. The van der Waals surface area contributed by atoms with Crippen molar-refractivity contribution in [2.45, 2.75) is 32.6 Å². The third-order valence-corrected chi connectivity index (χ3v) is 5.61. The predicted molar refractivity (Wildman–Crippen MR) is 119 cm³/mol. The molecule has 0 aromatic heterocycles. The second-order valence-corrected chi connectivity index (χ2v) is 7.75. The molecule has 0 aliphatic heterocycles. The maximum absolute atomic E-state index is 13.0. The van der Waals surface area contributed by atoms with Crippen molar-refractivity contribution in [2.75, 3.05) is 13.7 Å². The van der Waals surface area contributed by atoms with Gasteiger partial charge < -0.3 is 9.84 Å². The van der Waals surface area contributed by atoms with Crippen molar-refractivity contribution in [3.8, 4) is 11.1 Å². The van der Waals surface area contributed by atoms with Crippen LogP contribution in [0.4, 0.5) is 0 Å². The Balaban J connectivity index is 2.16. The van der Waals surface area contributed by atoms with E-state index in [0.29, 0.717) is 10.6 Å². The van der Waals surface area contributed by atoms with E-state index in [1.165, 1.54) is 7.11 Å². The average molecular weight is 411 g/mol. The Morgan fingerprint density at radius 2 is 1.90 bits per heavy atom. The Bertz CT molecular complexity index is 926. The summed E-state index contributed by atoms with van der Waals surface area (Å²) in [5.74, 6) is -0.193. The predicted octanol–water partition coefficient (Wildman–Crippen LogP) is 6.41. The smallest absolute Gasteiger partial charge is 0.192 e. The molecule has 2 aromatic rings. The SMILES string of the molecule is CCc1ccc(-c2ccc(Cl)cc2)cc1/C(C(=O)COC)=C(\O)C1C=CCCC1. The number of halogens is 1. The number of benzene rings is 2. The normalized spacial score (nSPS) is 17.1. The Morgan fingerprint density at radius 3 is 2.52 bits per heavy atom. The summed E-state index contributed by atoms with van der Waals surface area (Å²) in [6.45, 7) is 1.99. The topological polar surface area (TPSA) is 46.5 Å². The van der Waals surface area contributed by atoms with E-state index in [9.17, 15) is 9.90 Å². The maximum Gasteiger partial charge on any atom is 0.192 e. The van der Waals surface area contributed by atoms with E-state index in [1.807, 2.05) is 48.5 Å². The minimum atomic E-state index is -0.202. The number of rotatable bonds is 7. The van der Waals surface area contributed by atoms with Gasteiger partial charge in [-0.05, 0) is 66.1 Å². The summed E-state index contributed by atoms with van der Waals surface area (Å²) in [5, 5.41) is 11.8. The van der Waals surface area contributed by atoms with E-state index in [1.54, 1.807) is 0 Å². The average Bonchev–Trinajstić information content (AvgIpc) is 2.75. The van der Waals surface area contributed by atoms with Crippen LogP contribution in [0.25, 0.3) is 16.7 Å². The number of methoxy groups -OCH3 is 1. The fourth-order valence-electron chi connectivity index (χ4n) is 3.80. The fourth-order valence-corrected chi connectivity index (χ4v) is 3.93. The van der Waals surface area contributed by atoms with Crippen molar-refractivity contribution in [2.24, 2.45) is 5.92 Å². The molecule has 0 spiro atoms. The number of ketones is 1. The number of hydrogen-bond donors (Lipinski definition) is 1. The first-order valence-corrected chi connectivity index (χ1v) is 10.4. The van der Waals surface area contributed by atoms with Crippen molar-refractivity contribution < 1.29 is 14.6 Å². The van der Waals surface area contributed by atoms with Crippen LogP contribution in [0.1, 0.15) is 37.3 Å². The van der Waals surface area contributed by atoms with Gasteiger partial charge in [-0.25, -0.2) is 0 Å². The Hall–Kier alpha value is -2.36. The van der Waals surface area contributed by atoms with Crippen molar-refractivity contribution in [1.29, 1.82) is 0 Å². The number of hydrogen-bond acceptors (Lipinski definition) is 3. The molecule has 2 aromatic carbocycles. The second kappa shape index (κ2) is 9.91. The van der Waals surface area contributed by atoms with Gasteiger partial charge in [0.05, 0.1) is 5.57 Å². The van der Waals surface area contributed by atoms with Crippen LogP contribution >= 0.6 is 11.6 Å². The number of ether oxygens (including phenoxy) is 1. The molecule has 3 nitrogen and oxygen atoms in total. The lowest BCUT2D eigenvalue weighted by atomic mass is 9.85. The first kappa shape index (κ1) is 21.4. The van der Waals surface area contributed by atoms with Gasteiger partial charge in [0.25, 0.3) is 0 Å². The number of carbonyl (C=O) groups excluding carboxylic acids is 1. The minimum Gasteiger partial charge on any atom is -0.511 e. The highest BCUT2D eigenvalue weighted by molar-refractivity contribution is 6.30. The van der Waals surface area contributed by atoms with Crippen molar-refractivity contribution in [3.05, 3.63) is 76.5 Å². The molecule has 0 fully saturated rings. The van der Waals surface area contributed by atoms with Gasteiger partial charge in [0.1, 0.15) is 12.4 Å². The van der Waals surface area contributed by atoms with Crippen molar-refractivity contribution in [3.63, 3.8) is 0 Å². The van der Waals surface area contributed by atoms with E-state index in [0.717, 1.165) is 47.9 Å². The molecule has 29 heavy (non-hydrogen) atoms. The quantitative estimate of drug-likeness (QED) is 0.326. The zero-order valence-corrected chi connectivity index (χ0v) is 17.7. The summed E-state index contributed by atoms with van der Waals surface area (Å²) in [4.78, 5) is 13.0. The second-order valence-electron chi connectivity index (χ2n) is 7.31. The first-order valence-electron chi connectivity index (χ1n) is 10.1. The standard InChI is InChI=1S/C25H27ClO3/c1-3-17-9-10-20(18-11-13-21(26)14-12-18)15-22(17)24(23(27)16-29-2)25(28)19-7-5-4-6-8-19/h5,7,9-15,19,28H,3-4,6,8,16H2,1-2H3/b25-24+. The van der Waals surface area contributed by atoms with E-state index >= 15 is 0 Å². The number of aliphatic hydroxyl groups excluding tert-OH is 1. The molecule has 0 saturated heterocycles. The van der Waals surface area contributed by atoms with Crippen molar-refractivity contribution >= 4 is 23.0 Å². The Kier molecular flexibility index (Phi) is 7.29. The largest absolute Gasteiger partial charge is 0.511 e. The van der Waals surface area contributed by atoms with Crippen LogP contribution in [-0.2, 0) is 16.0 Å². The van der Waals surface area contributed by atoms with E-state index in [2.05, 4.69) is 13.0 Å². The highest BCUT2D eigenvalue weighted by Crippen LogP contribution is 2.34. The third-order valence-electron chi connectivity index (χ3n) is 5.35. The Morgan fingerprint density at radius 1 is 1.17 bits per heavy atom. The molecular formula is C25H27ClO3. The summed E-state index contributed by atoms with van der Waals surface area (Å²) in [5.41, 5.74) is 4.15. The molecule has 1 unspecified atom stereocenters. The minimum absolute atomic E-state index is 0.0653. The molecule has 0 heterocycles. The fraction of sp³-hybridized carbons (Fsp3) is 0.320. The number of carbonyl (C=O) groups is 1. The summed E-state index contributed by atoms with van der Waals surface area (Å²) in [7, 11) is 1.50. The van der Waals surface area contributed by atoms with Gasteiger partial charge in [0, 0.05) is 18.1 Å². The van der Waals surface area contributed by atoms with Crippen LogP contribution in [0.15, 0.2) is 60.4 Å². The Labute approximate surface area is 177 Å². The number of Topliss-reactive ketones (excluding diaryl/α,β-unsaturated/α-hetero) is 1. The number of aryl methyl sites for hydroxylation is 1. The lowest BCUT2D eigenvalue weighted by Crippen LogP contribution is -2.16.